The Hall–Kier alpha value is -4.02. The molecule has 0 amide bonds. The van der Waals surface area contributed by atoms with E-state index in [9.17, 15) is 20.2 Å². The molecule has 0 spiro atoms. The van der Waals surface area contributed by atoms with E-state index in [1.165, 1.54) is 57.2 Å². The molecule has 8 nitrogen and oxygen atoms in total. The molecule has 0 fully saturated rings. The molecule has 2 aliphatic rings. The molecule has 0 bridgehead atoms. The van der Waals surface area contributed by atoms with Crippen molar-refractivity contribution in [3.05, 3.63) is 105 Å². The quantitative estimate of drug-likeness (QED) is 0.189. The Bertz CT molecular complexity index is 1300. The van der Waals surface area contributed by atoms with E-state index in [-0.39, 0.29) is 11.4 Å². The molecule has 2 heterocycles. The van der Waals surface area contributed by atoms with Crippen LogP contribution in [-0.2, 0) is 0 Å². The average Bonchev–Trinajstić information content (AvgIpc) is 2.85. The molecule has 2 N–H and O–H groups in total. The fourth-order valence-corrected chi connectivity index (χ4v) is 5.51. The van der Waals surface area contributed by atoms with Crippen molar-refractivity contribution in [3.63, 3.8) is 0 Å². The van der Waals surface area contributed by atoms with Crippen LogP contribution in [0.4, 0.5) is 34.1 Å². The molecule has 2 aliphatic heterocycles. The van der Waals surface area contributed by atoms with Crippen LogP contribution >= 0.6 is 23.5 Å². The largest absolute Gasteiger partial charge is 0.354 e. The first-order valence-corrected chi connectivity index (χ1v) is 11.8. The lowest BCUT2D eigenvalue weighted by atomic mass is 10.2. The highest BCUT2D eigenvalue weighted by atomic mass is 32.2. The van der Waals surface area contributed by atoms with Crippen LogP contribution in [0.1, 0.15) is 0 Å². The van der Waals surface area contributed by atoms with Crippen molar-refractivity contribution in [1.82, 2.24) is 0 Å². The number of anilines is 4. The Kier molecular flexibility index (Phi) is 5.83. The van der Waals surface area contributed by atoms with E-state index in [4.69, 9.17) is 0 Å². The number of fused-ring (bicyclic) bond motifs is 4. The topological polar surface area (TPSA) is 110 Å². The zero-order chi connectivity index (χ0) is 23.7. The third-order valence-electron chi connectivity index (χ3n) is 5.10. The van der Waals surface area contributed by atoms with Crippen LogP contribution in [0.5, 0.6) is 0 Å². The van der Waals surface area contributed by atoms with Gasteiger partial charge in [-0.15, -0.1) is 0 Å². The number of nitro benzene ring substituents is 2. The number of nitro groups is 2. The van der Waals surface area contributed by atoms with Crippen molar-refractivity contribution in [2.24, 2.45) is 0 Å². The van der Waals surface area contributed by atoms with E-state index < -0.39 is 9.85 Å². The number of benzene rings is 4. The fourth-order valence-electron chi connectivity index (χ4n) is 3.47. The van der Waals surface area contributed by atoms with Gasteiger partial charge in [0.1, 0.15) is 0 Å². The Morgan fingerprint density at radius 1 is 0.529 bits per heavy atom. The maximum atomic E-state index is 10.8. The summed E-state index contributed by atoms with van der Waals surface area (Å²) in [6.45, 7) is 0. The normalized spacial score (nSPS) is 12.2. The van der Waals surface area contributed by atoms with Gasteiger partial charge in [-0.3, -0.25) is 20.2 Å². The van der Waals surface area contributed by atoms with Crippen molar-refractivity contribution in [3.8, 4) is 0 Å². The van der Waals surface area contributed by atoms with Crippen molar-refractivity contribution >= 4 is 57.6 Å². The second kappa shape index (κ2) is 9.08. The van der Waals surface area contributed by atoms with E-state index in [2.05, 4.69) is 59.2 Å². The van der Waals surface area contributed by atoms with Crippen LogP contribution in [-0.4, -0.2) is 9.85 Å². The summed E-state index contributed by atoms with van der Waals surface area (Å²) in [5.74, 6) is 0. The van der Waals surface area contributed by atoms with Gasteiger partial charge in [-0.05, 0) is 36.4 Å². The highest BCUT2D eigenvalue weighted by Gasteiger charge is 2.21. The predicted octanol–water partition coefficient (Wildman–Crippen LogP) is 7.61. The van der Waals surface area contributed by atoms with Gasteiger partial charge in [-0.1, -0.05) is 47.8 Å². The molecule has 4 aromatic carbocycles. The molecule has 4 aromatic rings. The van der Waals surface area contributed by atoms with Crippen LogP contribution in [0, 0.1) is 20.2 Å². The zero-order valence-corrected chi connectivity index (χ0v) is 19.1. The number of hydrogen-bond acceptors (Lipinski definition) is 8. The second-order valence-corrected chi connectivity index (χ2v) is 9.49. The van der Waals surface area contributed by atoms with Crippen LogP contribution in [0.2, 0.25) is 0 Å². The lowest BCUT2D eigenvalue weighted by Crippen LogP contribution is -2.01. The third-order valence-corrected chi connectivity index (χ3v) is 7.37. The minimum Gasteiger partial charge on any atom is -0.354 e. The summed E-state index contributed by atoms with van der Waals surface area (Å²) in [5.41, 5.74) is 3.90. The summed E-state index contributed by atoms with van der Waals surface area (Å²) in [6.07, 6.45) is 0. The van der Waals surface area contributed by atoms with Gasteiger partial charge in [0.15, 0.2) is 0 Å². The maximum absolute atomic E-state index is 10.8. The van der Waals surface area contributed by atoms with Crippen LogP contribution in [0.15, 0.2) is 105 Å². The van der Waals surface area contributed by atoms with Crippen molar-refractivity contribution in [2.45, 2.75) is 19.6 Å². The molecule has 0 saturated heterocycles. The van der Waals surface area contributed by atoms with Crippen molar-refractivity contribution in [1.29, 1.82) is 0 Å². The third kappa shape index (κ3) is 4.41. The Labute approximate surface area is 202 Å². The molecule has 0 atom stereocenters. The number of nitrogens with zero attached hydrogens (tertiary/aromatic N) is 2. The summed E-state index contributed by atoms with van der Waals surface area (Å²) in [6, 6.07) is 25.8. The van der Waals surface area contributed by atoms with Gasteiger partial charge >= 0.3 is 0 Å². The first-order chi connectivity index (χ1) is 16.5. The van der Waals surface area contributed by atoms with Crippen LogP contribution < -0.4 is 10.6 Å². The van der Waals surface area contributed by atoms with Crippen molar-refractivity contribution in [2.75, 3.05) is 10.6 Å². The minimum absolute atomic E-state index is 0.00747. The van der Waals surface area contributed by atoms with E-state index in [1.807, 2.05) is 11.8 Å². The number of rotatable bonds is 2. The first-order valence-electron chi connectivity index (χ1n) is 10.1. The summed E-state index contributed by atoms with van der Waals surface area (Å²) < 4.78 is 0. The molecular formula is C24H16N4O4S2. The van der Waals surface area contributed by atoms with E-state index >= 15 is 0 Å². The number of nitrogens with one attached hydrogen (secondary N) is 2. The molecule has 0 unspecified atom stereocenters. The van der Waals surface area contributed by atoms with Gasteiger partial charge < -0.3 is 10.6 Å². The summed E-state index contributed by atoms with van der Waals surface area (Å²) in [7, 11) is 0. The lowest BCUT2D eigenvalue weighted by molar-refractivity contribution is -0.385. The molecule has 168 valence electrons. The number of para-hydroxylation sites is 2. The monoisotopic (exact) mass is 488 g/mol. The Morgan fingerprint density at radius 3 is 1.35 bits per heavy atom. The van der Waals surface area contributed by atoms with Gasteiger partial charge in [0.2, 0.25) is 0 Å². The molecule has 10 heteroatoms. The maximum Gasteiger partial charge on any atom is 0.270 e. The van der Waals surface area contributed by atoms with Gasteiger partial charge in [0.25, 0.3) is 11.4 Å². The van der Waals surface area contributed by atoms with Gasteiger partial charge in [0.05, 0.1) is 32.6 Å². The van der Waals surface area contributed by atoms with Gasteiger partial charge in [-0.25, -0.2) is 0 Å². The SMILES string of the molecule is O=[N+]([O-])c1ccc2c(c1)Sc1cc([N+](=O)[O-])ccc1N2.c1ccc2c(c1)Nc1ccccc1S2. The van der Waals surface area contributed by atoms with Crippen LogP contribution in [0.3, 0.4) is 0 Å². The molecule has 6 rings (SSSR count). The standard InChI is InChI=1S/C12H7N3O4S.C12H9NS/c16-14(17)7-1-3-9-11(5-7)20-12-6-8(15(18)19)2-4-10(12)13-9;1-3-7-11-9(5-1)13-10-6-2-4-8-12(10)14-11/h1-6,13H;1-8,13H. The van der Waals surface area contributed by atoms with E-state index in [0.717, 1.165) is 11.4 Å². The number of non-ortho nitro benzene ring substituents is 2. The average molecular weight is 489 g/mol. The highest BCUT2D eigenvalue weighted by Crippen LogP contribution is 2.46. The van der Waals surface area contributed by atoms with E-state index in [0.29, 0.717) is 9.79 Å². The molecule has 34 heavy (non-hydrogen) atoms. The molecule has 0 aromatic heterocycles. The molecule has 0 radical (unpaired) electrons. The van der Waals surface area contributed by atoms with Crippen LogP contribution in [0.25, 0.3) is 0 Å². The number of hydrogen-bond donors (Lipinski definition) is 2. The van der Waals surface area contributed by atoms with E-state index in [1.54, 1.807) is 12.1 Å². The fraction of sp³-hybridized carbons (Fsp3) is 0. The Balaban J connectivity index is 0.000000150. The summed E-state index contributed by atoms with van der Waals surface area (Å²) in [5, 5.41) is 28.1. The summed E-state index contributed by atoms with van der Waals surface area (Å²) >= 11 is 3.09. The predicted molar refractivity (Wildman–Crippen MR) is 134 cm³/mol. The molecular weight excluding hydrogens is 472 g/mol. The second-order valence-electron chi connectivity index (χ2n) is 7.32. The highest BCUT2D eigenvalue weighted by molar-refractivity contribution is 8.00. The molecule has 0 aliphatic carbocycles. The Morgan fingerprint density at radius 2 is 0.912 bits per heavy atom. The first kappa shape index (κ1) is 21.8. The molecule has 0 saturated carbocycles. The lowest BCUT2D eigenvalue weighted by Gasteiger charge is -2.20. The zero-order valence-electron chi connectivity index (χ0n) is 17.4. The summed E-state index contributed by atoms with van der Waals surface area (Å²) in [4.78, 5) is 24.5. The smallest absolute Gasteiger partial charge is 0.270 e. The minimum atomic E-state index is -0.468. The van der Waals surface area contributed by atoms with Crippen molar-refractivity contribution < 1.29 is 9.85 Å². The van der Waals surface area contributed by atoms with Gasteiger partial charge in [0, 0.05) is 43.8 Å². The van der Waals surface area contributed by atoms with Gasteiger partial charge in [-0.2, -0.15) is 0 Å².